The summed E-state index contributed by atoms with van der Waals surface area (Å²) < 4.78 is 5.25. The Morgan fingerprint density at radius 3 is 2.74 bits per heavy atom. The van der Waals surface area contributed by atoms with E-state index in [2.05, 4.69) is 10.3 Å². The highest BCUT2D eigenvalue weighted by Gasteiger charge is 2.04. The van der Waals surface area contributed by atoms with Gasteiger partial charge in [0.1, 0.15) is 11.4 Å². The highest BCUT2D eigenvalue weighted by molar-refractivity contribution is 5.85. The summed E-state index contributed by atoms with van der Waals surface area (Å²) in [5.74, 6) is -0.221. The smallest absolute Gasteiger partial charge is 0.354 e. The second-order valence-electron chi connectivity index (χ2n) is 3.90. The lowest BCUT2D eigenvalue weighted by Gasteiger charge is -2.10. The van der Waals surface area contributed by atoms with Crippen molar-refractivity contribution in [1.29, 1.82) is 0 Å². The molecule has 0 aliphatic rings. The zero-order valence-electron chi connectivity index (χ0n) is 10.5. The molecule has 0 saturated carbocycles. The van der Waals surface area contributed by atoms with Crippen LogP contribution in [0.15, 0.2) is 42.6 Å². The summed E-state index contributed by atoms with van der Waals surface area (Å²) in [5.41, 5.74) is 1.81. The van der Waals surface area contributed by atoms with E-state index >= 15 is 0 Å². The first kappa shape index (κ1) is 12.9. The highest BCUT2D eigenvalue weighted by atomic mass is 16.5. The van der Waals surface area contributed by atoms with Crippen molar-refractivity contribution in [3.05, 3.63) is 53.9 Å². The van der Waals surface area contributed by atoms with Gasteiger partial charge in [-0.05, 0) is 18.2 Å². The van der Waals surface area contributed by atoms with Gasteiger partial charge in [-0.25, -0.2) is 9.78 Å². The zero-order chi connectivity index (χ0) is 13.7. The number of anilines is 1. The number of carbonyl (C=O) groups is 1. The van der Waals surface area contributed by atoms with Crippen molar-refractivity contribution in [2.75, 3.05) is 12.4 Å². The van der Waals surface area contributed by atoms with Crippen LogP contribution in [0.1, 0.15) is 16.1 Å². The highest BCUT2D eigenvalue weighted by Crippen LogP contribution is 2.18. The molecular formula is C14H14N2O3. The van der Waals surface area contributed by atoms with Crippen LogP contribution in [0.2, 0.25) is 0 Å². The van der Waals surface area contributed by atoms with E-state index in [1.165, 1.54) is 12.3 Å². The first-order valence-corrected chi connectivity index (χ1v) is 5.76. The minimum atomic E-state index is -1.03. The monoisotopic (exact) mass is 258 g/mol. The van der Waals surface area contributed by atoms with Gasteiger partial charge in [0.2, 0.25) is 0 Å². The zero-order valence-corrected chi connectivity index (χ0v) is 10.5. The maximum Gasteiger partial charge on any atom is 0.354 e. The van der Waals surface area contributed by atoms with Gasteiger partial charge in [0, 0.05) is 12.1 Å². The quantitative estimate of drug-likeness (QED) is 0.861. The third-order valence-corrected chi connectivity index (χ3v) is 2.66. The molecule has 0 spiro atoms. The van der Waals surface area contributed by atoms with Gasteiger partial charge in [0.15, 0.2) is 0 Å². The first-order chi connectivity index (χ1) is 9.20. The predicted octanol–water partition coefficient (Wildman–Crippen LogP) is 2.40. The van der Waals surface area contributed by atoms with Crippen LogP contribution in [-0.4, -0.2) is 23.2 Å². The van der Waals surface area contributed by atoms with Crippen molar-refractivity contribution in [2.24, 2.45) is 0 Å². The molecule has 0 aliphatic carbocycles. The molecule has 0 aliphatic heterocycles. The number of methoxy groups -OCH3 is 1. The number of carboxylic acids is 1. The van der Waals surface area contributed by atoms with Crippen LogP contribution in [0.25, 0.3) is 0 Å². The summed E-state index contributed by atoms with van der Waals surface area (Å²) in [5, 5.41) is 11.9. The Balaban J connectivity index is 2.04. The van der Waals surface area contributed by atoms with E-state index in [1.807, 2.05) is 24.3 Å². The summed E-state index contributed by atoms with van der Waals surface area (Å²) >= 11 is 0. The topological polar surface area (TPSA) is 71.5 Å². The number of ether oxygens (including phenoxy) is 1. The lowest BCUT2D eigenvalue weighted by Crippen LogP contribution is -2.04. The van der Waals surface area contributed by atoms with Gasteiger partial charge in [0.05, 0.1) is 19.0 Å². The number of benzene rings is 1. The van der Waals surface area contributed by atoms with Crippen LogP contribution >= 0.6 is 0 Å². The van der Waals surface area contributed by atoms with Crippen LogP contribution < -0.4 is 10.1 Å². The van der Waals surface area contributed by atoms with Crippen LogP contribution in [0.3, 0.4) is 0 Å². The number of carboxylic acid groups (broad SMARTS) is 1. The summed E-state index contributed by atoms with van der Waals surface area (Å²) in [4.78, 5) is 14.5. The average molecular weight is 258 g/mol. The number of pyridine rings is 1. The molecular weight excluding hydrogens is 244 g/mol. The molecule has 98 valence electrons. The summed E-state index contributed by atoms with van der Waals surface area (Å²) in [6.45, 7) is 0.581. The van der Waals surface area contributed by atoms with E-state index in [-0.39, 0.29) is 5.69 Å². The Kier molecular flexibility index (Phi) is 3.97. The molecule has 1 aromatic heterocycles. The van der Waals surface area contributed by atoms with Gasteiger partial charge in [0.25, 0.3) is 0 Å². The van der Waals surface area contributed by atoms with Crippen LogP contribution in [0.5, 0.6) is 5.75 Å². The second kappa shape index (κ2) is 5.86. The van der Waals surface area contributed by atoms with E-state index in [9.17, 15) is 4.79 Å². The van der Waals surface area contributed by atoms with Crippen molar-refractivity contribution in [2.45, 2.75) is 6.54 Å². The first-order valence-electron chi connectivity index (χ1n) is 5.76. The van der Waals surface area contributed by atoms with Gasteiger partial charge in [-0.2, -0.15) is 0 Å². The normalized spacial score (nSPS) is 9.95. The van der Waals surface area contributed by atoms with Crippen LogP contribution in [0, 0.1) is 0 Å². The summed E-state index contributed by atoms with van der Waals surface area (Å²) in [6, 6.07) is 10.9. The number of rotatable bonds is 5. The molecule has 0 atom stereocenters. The number of para-hydroxylation sites is 1. The predicted molar refractivity (Wildman–Crippen MR) is 71.5 cm³/mol. The van der Waals surface area contributed by atoms with Crippen LogP contribution in [-0.2, 0) is 6.54 Å². The minimum Gasteiger partial charge on any atom is -0.496 e. The third kappa shape index (κ3) is 3.22. The van der Waals surface area contributed by atoms with E-state index < -0.39 is 5.97 Å². The molecule has 0 bridgehead atoms. The lowest BCUT2D eigenvalue weighted by atomic mass is 10.2. The van der Waals surface area contributed by atoms with E-state index in [0.29, 0.717) is 6.54 Å². The largest absolute Gasteiger partial charge is 0.496 e. The van der Waals surface area contributed by atoms with Crippen molar-refractivity contribution in [3.63, 3.8) is 0 Å². The van der Waals surface area contributed by atoms with Gasteiger partial charge in [-0.15, -0.1) is 0 Å². The van der Waals surface area contributed by atoms with E-state index in [4.69, 9.17) is 9.84 Å². The number of nitrogens with zero attached hydrogens (tertiary/aromatic N) is 1. The molecule has 5 nitrogen and oxygen atoms in total. The molecule has 0 saturated heterocycles. The third-order valence-electron chi connectivity index (χ3n) is 2.66. The number of hydrogen-bond donors (Lipinski definition) is 2. The molecule has 2 aromatic rings. The molecule has 1 heterocycles. The fourth-order valence-electron chi connectivity index (χ4n) is 1.67. The molecule has 2 N–H and O–H groups in total. The van der Waals surface area contributed by atoms with E-state index in [1.54, 1.807) is 13.2 Å². The molecule has 2 rings (SSSR count). The number of aromatic nitrogens is 1. The Hall–Kier alpha value is -2.56. The van der Waals surface area contributed by atoms with Crippen molar-refractivity contribution >= 4 is 11.7 Å². The summed E-state index contributed by atoms with van der Waals surface area (Å²) in [6.07, 6.45) is 1.50. The van der Waals surface area contributed by atoms with E-state index in [0.717, 1.165) is 17.0 Å². The lowest BCUT2D eigenvalue weighted by molar-refractivity contribution is 0.0690. The van der Waals surface area contributed by atoms with Crippen molar-refractivity contribution < 1.29 is 14.6 Å². The summed E-state index contributed by atoms with van der Waals surface area (Å²) in [7, 11) is 1.63. The Bertz CT molecular complexity index is 567. The van der Waals surface area contributed by atoms with Gasteiger partial charge < -0.3 is 15.2 Å². The van der Waals surface area contributed by atoms with Crippen LogP contribution in [0.4, 0.5) is 5.69 Å². The van der Waals surface area contributed by atoms with Gasteiger partial charge >= 0.3 is 5.97 Å². The number of aromatic carboxylic acids is 1. The maximum atomic E-state index is 10.7. The standard InChI is InChI=1S/C14H14N2O3/c1-19-13-5-3-2-4-10(13)8-15-11-6-7-12(14(17)18)16-9-11/h2-7,9,15H,8H2,1H3,(H,17,18). The molecule has 1 aromatic carbocycles. The average Bonchev–Trinajstić information content (AvgIpc) is 2.45. The molecule has 19 heavy (non-hydrogen) atoms. The van der Waals surface area contributed by atoms with Gasteiger partial charge in [-0.1, -0.05) is 18.2 Å². The molecule has 0 unspecified atom stereocenters. The van der Waals surface area contributed by atoms with Crippen molar-refractivity contribution in [3.8, 4) is 5.75 Å². The maximum absolute atomic E-state index is 10.7. The van der Waals surface area contributed by atoms with Crippen molar-refractivity contribution in [1.82, 2.24) is 4.98 Å². The number of nitrogens with one attached hydrogen (secondary N) is 1. The number of hydrogen-bond acceptors (Lipinski definition) is 4. The molecule has 0 amide bonds. The fraction of sp³-hybridized carbons (Fsp3) is 0.143. The Morgan fingerprint density at radius 1 is 1.32 bits per heavy atom. The molecule has 0 fully saturated rings. The Morgan fingerprint density at radius 2 is 2.11 bits per heavy atom. The fourth-order valence-corrected chi connectivity index (χ4v) is 1.67. The SMILES string of the molecule is COc1ccccc1CNc1ccc(C(=O)O)nc1. The molecule has 0 radical (unpaired) electrons. The second-order valence-corrected chi connectivity index (χ2v) is 3.90. The van der Waals surface area contributed by atoms with Gasteiger partial charge in [-0.3, -0.25) is 0 Å². The Labute approximate surface area is 110 Å². The minimum absolute atomic E-state index is 0.0304. The molecule has 5 heteroatoms.